The monoisotopic (exact) mass is 295 g/mol. The molecule has 2 N–H and O–H groups in total. The third kappa shape index (κ3) is 3.39. The first-order valence-electron chi connectivity index (χ1n) is 7.07. The zero-order valence-corrected chi connectivity index (χ0v) is 12.8. The Hall–Kier alpha value is -1.36. The first kappa shape index (κ1) is 15.0. The second-order valence-corrected chi connectivity index (χ2v) is 6.99. The molecule has 1 aromatic heterocycles. The number of carbonyl (C=O) groups excluding carboxylic acids is 1. The zero-order valence-electron chi connectivity index (χ0n) is 12.0. The summed E-state index contributed by atoms with van der Waals surface area (Å²) >= 11 is 1.51. The number of hydrogen-bond donors (Lipinski definition) is 2. The maximum atomic E-state index is 12.2. The Kier molecular flexibility index (Phi) is 4.48. The van der Waals surface area contributed by atoms with Gasteiger partial charge in [-0.3, -0.25) is 4.79 Å². The van der Waals surface area contributed by atoms with Gasteiger partial charge < -0.3 is 10.4 Å². The highest BCUT2D eigenvalue weighted by Crippen LogP contribution is 2.28. The summed E-state index contributed by atoms with van der Waals surface area (Å²) in [5.41, 5.74) is 0.0306. The van der Waals surface area contributed by atoms with Gasteiger partial charge in [0.05, 0.1) is 4.88 Å². The van der Waals surface area contributed by atoms with Crippen molar-refractivity contribution in [3.8, 4) is 0 Å². The third-order valence-electron chi connectivity index (χ3n) is 3.68. The summed E-state index contributed by atoms with van der Waals surface area (Å²) in [6.45, 7) is 2.99. The molecule has 1 heterocycles. The molecule has 0 aromatic carbocycles. The van der Waals surface area contributed by atoms with Crippen LogP contribution < -0.4 is 5.32 Å². The smallest absolute Gasteiger partial charge is 0.328 e. The fourth-order valence-electron chi connectivity index (χ4n) is 2.36. The van der Waals surface area contributed by atoms with Crippen LogP contribution in [0.4, 0.5) is 0 Å². The van der Waals surface area contributed by atoms with Crippen LogP contribution in [0.25, 0.3) is 0 Å². The van der Waals surface area contributed by atoms with Gasteiger partial charge >= 0.3 is 5.97 Å². The Bertz CT molecular complexity index is 494. The van der Waals surface area contributed by atoms with E-state index in [2.05, 4.69) is 5.32 Å². The molecular weight excluding hydrogens is 274 g/mol. The van der Waals surface area contributed by atoms with Gasteiger partial charge in [-0.2, -0.15) is 0 Å². The van der Waals surface area contributed by atoms with Crippen LogP contribution >= 0.6 is 11.3 Å². The van der Waals surface area contributed by atoms with Crippen molar-refractivity contribution in [2.24, 2.45) is 0 Å². The van der Waals surface area contributed by atoms with Gasteiger partial charge in [0.2, 0.25) is 0 Å². The van der Waals surface area contributed by atoms with E-state index in [9.17, 15) is 9.59 Å². The van der Waals surface area contributed by atoms with Gasteiger partial charge in [0.15, 0.2) is 0 Å². The minimum atomic E-state index is -1.24. The van der Waals surface area contributed by atoms with E-state index in [0.29, 0.717) is 4.88 Å². The lowest BCUT2D eigenvalue weighted by atomic mass is 9.99. The van der Waals surface area contributed by atoms with Gasteiger partial charge in [0, 0.05) is 4.88 Å². The van der Waals surface area contributed by atoms with E-state index in [1.54, 1.807) is 0 Å². The minimum absolute atomic E-state index is 0.283. The van der Waals surface area contributed by atoms with E-state index in [-0.39, 0.29) is 5.91 Å². The van der Waals surface area contributed by atoms with Gasteiger partial charge in [0.1, 0.15) is 5.54 Å². The summed E-state index contributed by atoms with van der Waals surface area (Å²) in [5.74, 6) is -1.31. The molecule has 1 aromatic rings. The van der Waals surface area contributed by atoms with Crippen LogP contribution in [0, 0.1) is 0 Å². The molecule has 20 heavy (non-hydrogen) atoms. The number of aliphatic carboxylic acids is 1. The van der Waals surface area contributed by atoms with Crippen LogP contribution in [0.5, 0.6) is 0 Å². The van der Waals surface area contributed by atoms with Crippen molar-refractivity contribution in [2.45, 2.75) is 57.9 Å². The van der Waals surface area contributed by atoms with Crippen LogP contribution in [0.3, 0.4) is 0 Å². The van der Waals surface area contributed by atoms with E-state index in [1.807, 2.05) is 6.07 Å². The van der Waals surface area contributed by atoms with Gasteiger partial charge in [-0.05, 0) is 51.2 Å². The molecule has 1 amide bonds. The second-order valence-electron chi connectivity index (χ2n) is 5.86. The summed E-state index contributed by atoms with van der Waals surface area (Å²) in [7, 11) is 0. The average molecular weight is 295 g/mol. The SMILES string of the molecule is CC(C)(NC(=O)c1cc2c(s1)CCCCCC2)C(=O)O. The van der Waals surface area contributed by atoms with Crippen molar-refractivity contribution in [1.82, 2.24) is 5.32 Å². The predicted molar refractivity (Wildman–Crippen MR) is 79.4 cm³/mol. The fraction of sp³-hybridized carbons (Fsp3) is 0.600. The molecule has 5 heteroatoms. The van der Waals surface area contributed by atoms with Gasteiger partial charge in [-0.15, -0.1) is 11.3 Å². The summed E-state index contributed by atoms with van der Waals surface area (Å²) in [6.07, 6.45) is 6.92. The summed E-state index contributed by atoms with van der Waals surface area (Å²) in [6, 6.07) is 1.94. The van der Waals surface area contributed by atoms with E-state index < -0.39 is 11.5 Å². The van der Waals surface area contributed by atoms with Crippen LogP contribution in [-0.2, 0) is 17.6 Å². The number of rotatable bonds is 3. The van der Waals surface area contributed by atoms with E-state index in [1.165, 1.54) is 61.3 Å². The largest absolute Gasteiger partial charge is 0.480 e. The molecule has 4 nitrogen and oxygen atoms in total. The number of carbonyl (C=O) groups is 2. The lowest BCUT2D eigenvalue weighted by Crippen LogP contribution is -2.49. The summed E-state index contributed by atoms with van der Waals surface area (Å²) in [5, 5.41) is 11.6. The number of carboxylic acids is 1. The maximum Gasteiger partial charge on any atom is 0.328 e. The van der Waals surface area contributed by atoms with E-state index >= 15 is 0 Å². The lowest BCUT2D eigenvalue weighted by molar-refractivity contribution is -0.143. The zero-order chi connectivity index (χ0) is 14.8. The predicted octanol–water partition coefficient (Wildman–Crippen LogP) is 3.00. The van der Waals surface area contributed by atoms with Crippen molar-refractivity contribution < 1.29 is 14.7 Å². The maximum absolute atomic E-state index is 12.2. The molecule has 0 spiro atoms. The molecular formula is C15H21NO3S. The molecule has 110 valence electrons. The van der Waals surface area contributed by atoms with Gasteiger partial charge in [-0.1, -0.05) is 12.8 Å². The second kappa shape index (κ2) is 5.95. The Balaban J connectivity index is 2.15. The van der Waals surface area contributed by atoms with Crippen molar-refractivity contribution in [3.05, 3.63) is 21.4 Å². The number of carboxylic acid groups (broad SMARTS) is 1. The Morgan fingerprint density at radius 3 is 2.50 bits per heavy atom. The average Bonchev–Trinajstić information content (AvgIpc) is 2.71. The van der Waals surface area contributed by atoms with Crippen molar-refractivity contribution in [2.75, 3.05) is 0 Å². The highest BCUT2D eigenvalue weighted by Gasteiger charge is 2.30. The standard InChI is InChI=1S/C15H21NO3S/c1-15(2,14(18)19)16-13(17)12-9-10-7-5-3-4-6-8-11(10)20-12/h9H,3-8H2,1-2H3,(H,16,17)(H,18,19). The van der Waals surface area contributed by atoms with Crippen LogP contribution in [0.15, 0.2) is 6.07 Å². The molecule has 0 unspecified atom stereocenters. The van der Waals surface area contributed by atoms with Crippen LogP contribution in [0.2, 0.25) is 0 Å². The minimum Gasteiger partial charge on any atom is -0.480 e. The highest BCUT2D eigenvalue weighted by molar-refractivity contribution is 7.14. The number of aryl methyl sites for hydroxylation is 2. The number of thiophene rings is 1. The third-order valence-corrected chi connectivity index (χ3v) is 4.92. The van der Waals surface area contributed by atoms with E-state index in [4.69, 9.17) is 5.11 Å². The quantitative estimate of drug-likeness (QED) is 0.901. The normalized spacial score (nSPS) is 15.9. The molecule has 0 fully saturated rings. The molecule has 0 aliphatic heterocycles. The van der Waals surface area contributed by atoms with Gasteiger partial charge in [0.25, 0.3) is 5.91 Å². The highest BCUT2D eigenvalue weighted by atomic mass is 32.1. The first-order valence-corrected chi connectivity index (χ1v) is 7.89. The Labute approximate surface area is 123 Å². The first-order chi connectivity index (χ1) is 9.40. The molecule has 2 rings (SSSR count). The van der Waals surface area contributed by atoms with Crippen molar-refractivity contribution >= 4 is 23.2 Å². The Morgan fingerprint density at radius 1 is 1.20 bits per heavy atom. The number of nitrogens with one attached hydrogen (secondary N) is 1. The topological polar surface area (TPSA) is 66.4 Å². The molecule has 1 aliphatic rings. The lowest BCUT2D eigenvalue weighted by Gasteiger charge is -2.20. The number of fused-ring (bicyclic) bond motifs is 1. The molecule has 0 atom stereocenters. The summed E-state index contributed by atoms with van der Waals surface area (Å²) < 4.78 is 0. The van der Waals surface area contributed by atoms with Gasteiger partial charge in [-0.25, -0.2) is 4.79 Å². The molecule has 0 radical (unpaired) electrons. The number of hydrogen-bond acceptors (Lipinski definition) is 3. The van der Waals surface area contributed by atoms with Crippen LogP contribution in [-0.4, -0.2) is 22.5 Å². The van der Waals surface area contributed by atoms with E-state index in [0.717, 1.165) is 12.8 Å². The molecule has 0 saturated heterocycles. The molecule has 0 bridgehead atoms. The van der Waals surface area contributed by atoms with Crippen LogP contribution in [0.1, 0.15) is 59.6 Å². The molecule has 1 aliphatic carbocycles. The Morgan fingerprint density at radius 2 is 1.85 bits per heavy atom. The van der Waals surface area contributed by atoms with Crippen molar-refractivity contribution in [3.63, 3.8) is 0 Å². The number of amides is 1. The summed E-state index contributed by atoms with van der Waals surface area (Å²) in [4.78, 5) is 25.2. The van der Waals surface area contributed by atoms with Crippen molar-refractivity contribution in [1.29, 1.82) is 0 Å². The molecule has 0 saturated carbocycles. The fourth-order valence-corrected chi connectivity index (χ4v) is 3.50.